The molecule has 0 spiro atoms. The molecular formula is C14H13NO2. The van der Waals surface area contributed by atoms with E-state index in [4.69, 9.17) is 0 Å². The molecule has 17 heavy (non-hydrogen) atoms. The van der Waals surface area contributed by atoms with Crippen LogP contribution in [0, 0.1) is 6.92 Å². The Morgan fingerprint density at radius 1 is 1.12 bits per heavy atom. The van der Waals surface area contributed by atoms with Gasteiger partial charge < -0.3 is 0 Å². The fourth-order valence-electron chi connectivity index (χ4n) is 2.56. The molecular weight excluding hydrogens is 214 g/mol. The Hall–Kier alpha value is -1.90. The van der Waals surface area contributed by atoms with Gasteiger partial charge in [0.2, 0.25) is 11.8 Å². The Morgan fingerprint density at radius 2 is 1.82 bits per heavy atom. The number of rotatable bonds is 1. The number of aryl methyl sites for hydroxylation is 1. The molecule has 0 aromatic heterocycles. The van der Waals surface area contributed by atoms with Crippen molar-refractivity contribution in [1.29, 1.82) is 0 Å². The van der Waals surface area contributed by atoms with Crippen LogP contribution in [0.15, 0.2) is 36.0 Å². The van der Waals surface area contributed by atoms with Gasteiger partial charge in [-0.15, -0.1) is 0 Å². The van der Waals surface area contributed by atoms with Crippen molar-refractivity contribution >= 4 is 11.8 Å². The minimum atomic E-state index is -0.0837. The van der Waals surface area contributed by atoms with Gasteiger partial charge in [-0.3, -0.25) is 14.5 Å². The maximum absolute atomic E-state index is 11.8. The zero-order chi connectivity index (χ0) is 12.0. The zero-order valence-corrected chi connectivity index (χ0v) is 9.64. The summed E-state index contributed by atoms with van der Waals surface area (Å²) in [6.07, 6.45) is 2.67. The molecule has 3 rings (SSSR count). The summed E-state index contributed by atoms with van der Waals surface area (Å²) in [7, 11) is 0. The van der Waals surface area contributed by atoms with Gasteiger partial charge >= 0.3 is 0 Å². The number of carbonyl (C=O) groups is 2. The van der Waals surface area contributed by atoms with Crippen molar-refractivity contribution in [1.82, 2.24) is 4.90 Å². The van der Waals surface area contributed by atoms with E-state index in [9.17, 15) is 9.59 Å². The Bertz CT molecular complexity index is 528. The predicted octanol–water partition coefficient (Wildman–Crippen LogP) is 2.13. The molecule has 0 saturated carbocycles. The van der Waals surface area contributed by atoms with Gasteiger partial charge in [0.15, 0.2) is 0 Å². The van der Waals surface area contributed by atoms with Crippen LogP contribution in [0.3, 0.4) is 0 Å². The Labute approximate surface area is 99.7 Å². The summed E-state index contributed by atoms with van der Waals surface area (Å²) in [6, 6.07) is 8.17. The van der Waals surface area contributed by atoms with Gasteiger partial charge in [-0.2, -0.15) is 0 Å². The van der Waals surface area contributed by atoms with E-state index in [1.165, 1.54) is 10.5 Å². The molecule has 2 amide bonds. The van der Waals surface area contributed by atoms with Gasteiger partial charge in [0.25, 0.3) is 0 Å². The molecule has 1 fully saturated rings. The Balaban J connectivity index is 1.98. The Morgan fingerprint density at radius 3 is 2.53 bits per heavy atom. The van der Waals surface area contributed by atoms with Gasteiger partial charge in [0.1, 0.15) is 0 Å². The first kappa shape index (κ1) is 10.3. The minimum absolute atomic E-state index is 0.0644. The molecule has 0 aliphatic carbocycles. The van der Waals surface area contributed by atoms with Gasteiger partial charge in [0.05, 0.1) is 0 Å². The molecule has 1 atom stereocenters. The lowest BCUT2D eigenvalue weighted by atomic mass is 9.94. The summed E-state index contributed by atoms with van der Waals surface area (Å²) >= 11 is 0. The van der Waals surface area contributed by atoms with Crippen LogP contribution in [0.2, 0.25) is 0 Å². The van der Waals surface area contributed by atoms with E-state index >= 15 is 0 Å². The topological polar surface area (TPSA) is 37.4 Å². The van der Waals surface area contributed by atoms with E-state index in [2.05, 4.69) is 0 Å². The Kier molecular flexibility index (Phi) is 2.15. The van der Waals surface area contributed by atoms with Gasteiger partial charge in [-0.25, -0.2) is 0 Å². The lowest BCUT2D eigenvalue weighted by Gasteiger charge is -2.13. The molecule has 3 nitrogen and oxygen atoms in total. The largest absolute Gasteiger partial charge is 0.274 e. The van der Waals surface area contributed by atoms with Gasteiger partial charge in [-0.1, -0.05) is 35.9 Å². The van der Waals surface area contributed by atoms with E-state index in [0.717, 1.165) is 11.3 Å². The van der Waals surface area contributed by atoms with Crippen LogP contribution in [-0.2, 0) is 9.59 Å². The van der Waals surface area contributed by atoms with Crippen LogP contribution in [0.25, 0.3) is 0 Å². The number of amides is 2. The maximum atomic E-state index is 11.8. The number of hydrogen-bond acceptors (Lipinski definition) is 2. The zero-order valence-electron chi connectivity index (χ0n) is 9.64. The molecule has 1 aromatic carbocycles. The number of carbonyl (C=O) groups excluding carboxylic acids is 2. The number of fused-ring (bicyclic) bond motifs is 1. The number of imide groups is 1. The monoisotopic (exact) mass is 227 g/mol. The quantitative estimate of drug-likeness (QED) is 0.689. The fourth-order valence-corrected chi connectivity index (χ4v) is 2.56. The van der Waals surface area contributed by atoms with Crippen LogP contribution in [0.1, 0.15) is 29.9 Å². The molecule has 2 aliphatic heterocycles. The van der Waals surface area contributed by atoms with Crippen LogP contribution in [-0.4, -0.2) is 16.7 Å². The van der Waals surface area contributed by atoms with Crippen molar-refractivity contribution in [3.05, 3.63) is 47.2 Å². The summed E-state index contributed by atoms with van der Waals surface area (Å²) in [4.78, 5) is 24.7. The highest BCUT2D eigenvalue weighted by Crippen LogP contribution is 2.40. The van der Waals surface area contributed by atoms with Crippen LogP contribution in [0.4, 0.5) is 0 Å². The summed E-state index contributed by atoms with van der Waals surface area (Å²) in [5, 5.41) is 0. The second-order valence-corrected chi connectivity index (χ2v) is 4.62. The number of nitrogens with zero attached hydrogens (tertiary/aromatic N) is 1. The standard InChI is InChI=1S/C14H13NO2/c1-9-2-4-10(5-3-9)11-8-14(17)15-12(11)6-7-13(15)16/h2-6,11H,7-8H2,1H3. The van der Waals surface area contributed by atoms with Crippen LogP contribution < -0.4 is 0 Å². The van der Waals surface area contributed by atoms with Crippen LogP contribution >= 0.6 is 0 Å². The number of benzene rings is 1. The first-order valence-corrected chi connectivity index (χ1v) is 5.79. The molecule has 0 radical (unpaired) electrons. The van der Waals surface area contributed by atoms with E-state index < -0.39 is 0 Å². The summed E-state index contributed by atoms with van der Waals surface area (Å²) in [5.74, 6) is -0.0847. The van der Waals surface area contributed by atoms with Gasteiger partial charge in [-0.05, 0) is 12.5 Å². The lowest BCUT2D eigenvalue weighted by Crippen LogP contribution is -2.26. The highest BCUT2D eigenvalue weighted by molar-refractivity contribution is 6.03. The third-order valence-electron chi connectivity index (χ3n) is 3.46. The minimum Gasteiger partial charge on any atom is -0.274 e. The van der Waals surface area contributed by atoms with E-state index in [-0.39, 0.29) is 17.7 Å². The number of allylic oxidation sites excluding steroid dienone is 1. The maximum Gasteiger partial charge on any atom is 0.237 e. The average Bonchev–Trinajstić information content (AvgIpc) is 2.83. The van der Waals surface area contributed by atoms with Crippen molar-refractivity contribution in [2.45, 2.75) is 25.7 Å². The third kappa shape index (κ3) is 1.50. The van der Waals surface area contributed by atoms with Crippen molar-refractivity contribution < 1.29 is 9.59 Å². The second kappa shape index (κ2) is 3.55. The molecule has 0 bridgehead atoms. The van der Waals surface area contributed by atoms with Crippen LogP contribution in [0.5, 0.6) is 0 Å². The molecule has 3 heteroatoms. The normalized spacial score (nSPS) is 23.0. The SMILES string of the molecule is Cc1ccc(C2CC(=O)N3C(=O)CC=C23)cc1. The molecule has 1 saturated heterocycles. The van der Waals surface area contributed by atoms with Crippen molar-refractivity contribution in [3.8, 4) is 0 Å². The third-order valence-corrected chi connectivity index (χ3v) is 3.46. The lowest BCUT2D eigenvalue weighted by molar-refractivity contribution is -0.138. The van der Waals surface area contributed by atoms with Crippen molar-refractivity contribution in [3.63, 3.8) is 0 Å². The van der Waals surface area contributed by atoms with Gasteiger partial charge in [0, 0.05) is 24.5 Å². The summed E-state index contributed by atoms with van der Waals surface area (Å²) in [6.45, 7) is 2.04. The first-order valence-electron chi connectivity index (χ1n) is 5.79. The van der Waals surface area contributed by atoms with E-state index in [0.29, 0.717) is 12.8 Å². The second-order valence-electron chi connectivity index (χ2n) is 4.62. The highest BCUT2D eigenvalue weighted by Gasteiger charge is 2.41. The van der Waals surface area contributed by atoms with Crippen molar-refractivity contribution in [2.75, 3.05) is 0 Å². The fraction of sp³-hybridized carbons (Fsp3) is 0.286. The first-order chi connectivity index (χ1) is 8.16. The molecule has 86 valence electrons. The van der Waals surface area contributed by atoms with Crippen molar-refractivity contribution in [2.24, 2.45) is 0 Å². The van der Waals surface area contributed by atoms with E-state index in [1.54, 1.807) is 0 Å². The summed E-state index contributed by atoms with van der Waals surface area (Å²) in [5.41, 5.74) is 3.20. The molecule has 1 aromatic rings. The molecule has 2 aliphatic rings. The molecule has 1 unspecified atom stereocenters. The number of hydrogen-bond donors (Lipinski definition) is 0. The molecule has 0 N–H and O–H groups in total. The smallest absolute Gasteiger partial charge is 0.237 e. The average molecular weight is 227 g/mol. The van der Waals surface area contributed by atoms with E-state index in [1.807, 2.05) is 37.3 Å². The highest BCUT2D eigenvalue weighted by atomic mass is 16.2. The molecule has 2 heterocycles. The summed E-state index contributed by atoms with van der Waals surface area (Å²) < 4.78 is 0. The predicted molar refractivity (Wildman–Crippen MR) is 63.1 cm³/mol.